The Morgan fingerprint density at radius 1 is 1.41 bits per heavy atom. The molecule has 1 aromatic heterocycles. The highest BCUT2D eigenvalue weighted by Crippen LogP contribution is 2.39. The van der Waals surface area contributed by atoms with Crippen LogP contribution in [0.1, 0.15) is 23.3 Å². The molecule has 0 fully saturated rings. The summed E-state index contributed by atoms with van der Waals surface area (Å²) < 4.78 is 5.09. The van der Waals surface area contributed by atoms with Gasteiger partial charge in [0.2, 0.25) is 0 Å². The van der Waals surface area contributed by atoms with Crippen molar-refractivity contribution in [2.24, 2.45) is 0 Å². The van der Waals surface area contributed by atoms with E-state index < -0.39 is 11.5 Å². The van der Waals surface area contributed by atoms with Crippen molar-refractivity contribution in [3.05, 3.63) is 59.6 Å². The van der Waals surface area contributed by atoms with Crippen molar-refractivity contribution >= 4 is 23.5 Å². The molecule has 0 unspecified atom stereocenters. The highest BCUT2D eigenvalue weighted by atomic mass is 16.3. The first kappa shape index (κ1) is 14.3. The lowest BCUT2D eigenvalue weighted by Crippen LogP contribution is -2.36. The van der Waals surface area contributed by atoms with Crippen molar-refractivity contribution in [2.75, 3.05) is 5.32 Å². The van der Waals surface area contributed by atoms with Crippen molar-refractivity contribution in [1.29, 1.82) is 0 Å². The summed E-state index contributed by atoms with van der Waals surface area (Å²) in [4.78, 5) is 24.1. The molecule has 0 saturated carbocycles. The van der Waals surface area contributed by atoms with Crippen LogP contribution < -0.4 is 5.32 Å². The number of nitrogens with one attached hydrogen (secondary N) is 1. The van der Waals surface area contributed by atoms with Gasteiger partial charge in [-0.05, 0) is 37.3 Å². The molecule has 1 aromatic carbocycles. The van der Waals surface area contributed by atoms with Crippen molar-refractivity contribution in [1.82, 2.24) is 0 Å². The van der Waals surface area contributed by atoms with E-state index in [0.29, 0.717) is 17.0 Å². The molecule has 0 bridgehead atoms. The summed E-state index contributed by atoms with van der Waals surface area (Å²) in [6.45, 7) is 1.86. The molecule has 0 saturated heterocycles. The first-order valence-corrected chi connectivity index (χ1v) is 6.88. The number of rotatable bonds is 4. The number of benzene rings is 1. The van der Waals surface area contributed by atoms with Crippen molar-refractivity contribution in [3.63, 3.8) is 0 Å². The Bertz CT molecular complexity index is 761. The topological polar surface area (TPSA) is 79.5 Å². The van der Waals surface area contributed by atoms with Crippen LogP contribution in [0.4, 0.5) is 5.69 Å². The molecule has 1 amide bonds. The third-order valence-electron chi connectivity index (χ3n) is 3.65. The number of carbonyl (C=O) groups is 2. The fraction of sp³-hybridized carbons (Fsp3) is 0.176. The first-order chi connectivity index (χ1) is 10.5. The van der Waals surface area contributed by atoms with Gasteiger partial charge < -0.3 is 14.8 Å². The van der Waals surface area contributed by atoms with Gasteiger partial charge in [-0.3, -0.25) is 9.59 Å². The van der Waals surface area contributed by atoms with E-state index in [-0.39, 0.29) is 12.2 Å². The van der Waals surface area contributed by atoms with Gasteiger partial charge in [0, 0.05) is 11.3 Å². The van der Waals surface area contributed by atoms with E-state index in [0.717, 1.165) is 5.56 Å². The number of anilines is 1. The van der Waals surface area contributed by atoms with Gasteiger partial charge in [0.15, 0.2) is 11.4 Å². The van der Waals surface area contributed by atoms with Crippen LogP contribution in [0.5, 0.6) is 0 Å². The maximum Gasteiger partial charge on any atom is 0.261 e. The monoisotopic (exact) mass is 297 g/mol. The molecule has 0 spiro atoms. The number of aliphatic hydroxyl groups is 1. The van der Waals surface area contributed by atoms with E-state index in [9.17, 15) is 14.7 Å². The third-order valence-corrected chi connectivity index (χ3v) is 3.65. The van der Waals surface area contributed by atoms with Gasteiger partial charge in [-0.2, -0.15) is 0 Å². The van der Waals surface area contributed by atoms with Crippen LogP contribution in [0.25, 0.3) is 6.08 Å². The molecule has 5 nitrogen and oxygen atoms in total. The molecule has 0 aliphatic carbocycles. The zero-order chi connectivity index (χ0) is 15.7. The number of carbonyl (C=O) groups excluding carboxylic acids is 2. The molecule has 5 heteroatoms. The summed E-state index contributed by atoms with van der Waals surface area (Å²) in [6, 6.07) is 8.70. The first-order valence-electron chi connectivity index (χ1n) is 6.88. The largest absolute Gasteiger partial charge is 0.465 e. The Morgan fingerprint density at radius 3 is 2.95 bits per heavy atom. The Morgan fingerprint density at radius 2 is 2.23 bits per heavy atom. The molecular weight excluding hydrogens is 282 g/mol. The molecule has 2 heterocycles. The number of amides is 1. The van der Waals surface area contributed by atoms with Crippen LogP contribution in [0.15, 0.2) is 47.1 Å². The number of ketones is 1. The van der Waals surface area contributed by atoms with Crippen LogP contribution in [0, 0.1) is 6.92 Å². The smallest absolute Gasteiger partial charge is 0.261 e. The lowest BCUT2D eigenvalue weighted by molar-refractivity contribution is -0.138. The maximum atomic E-state index is 12.1. The van der Waals surface area contributed by atoms with Crippen molar-refractivity contribution in [2.45, 2.75) is 18.9 Å². The van der Waals surface area contributed by atoms with Crippen molar-refractivity contribution < 1.29 is 19.1 Å². The van der Waals surface area contributed by atoms with Crippen LogP contribution in [0.3, 0.4) is 0 Å². The minimum atomic E-state index is -1.83. The second-order valence-electron chi connectivity index (χ2n) is 5.36. The number of fused-ring (bicyclic) bond motifs is 1. The normalized spacial score (nSPS) is 20.2. The van der Waals surface area contributed by atoms with Gasteiger partial charge >= 0.3 is 0 Å². The van der Waals surface area contributed by atoms with Crippen LogP contribution in [0.2, 0.25) is 0 Å². The summed E-state index contributed by atoms with van der Waals surface area (Å²) >= 11 is 0. The number of hydrogen-bond donors (Lipinski definition) is 2. The van der Waals surface area contributed by atoms with Crippen molar-refractivity contribution in [3.8, 4) is 0 Å². The van der Waals surface area contributed by atoms with Gasteiger partial charge in [-0.25, -0.2) is 0 Å². The Kier molecular flexibility index (Phi) is 3.42. The zero-order valence-corrected chi connectivity index (χ0v) is 12.0. The molecule has 1 aliphatic rings. The molecule has 112 valence electrons. The summed E-state index contributed by atoms with van der Waals surface area (Å²) in [6.07, 6.45) is 4.00. The van der Waals surface area contributed by atoms with Gasteiger partial charge in [-0.15, -0.1) is 0 Å². The van der Waals surface area contributed by atoms with E-state index in [2.05, 4.69) is 5.32 Å². The summed E-state index contributed by atoms with van der Waals surface area (Å²) in [5.74, 6) is -0.399. The number of hydrogen-bond acceptors (Lipinski definition) is 4. The number of allylic oxidation sites excluding steroid dienone is 1. The standard InChI is InChI=1S/C17H15NO4/c1-11-4-7-15-14(9-11)17(21,16(20)18-15)10-12(19)5-6-13-3-2-8-22-13/h2-9,21H,10H2,1H3,(H,18,20)/b6-5+/t17-/m0/s1. The Labute approximate surface area is 127 Å². The quantitative estimate of drug-likeness (QED) is 0.849. The Hall–Kier alpha value is -2.66. The van der Waals surface area contributed by atoms with Crippen LogP contribution >= 0.6 is 0 Å². The minimum absolute atomic E-state index is 0.313. The lowest BCUT2D eigenvalue weighted by Gasteiger charge is -2.19. The van der Waals surface area contributed by atoms with E-state index in [4.69, 9.17) is 4.42 Å². The third kappa shape index (κ3) is 2.46. The van der Waals surface area contributed by atoms with E-state index >= 15 is 0 Å². The van der Waals surface area contributed by atoms with Gasteiger partial charge in [0.25, 0.3) is 5.91 Å². The second-order valence-corrected chi connectivity index (χ2v) is 5.36. The average molecular weight is 297 g/mol. The fourth-order valence-electron chi connectivity index (χ4n) is 2.51. The van der Waals surface area contributed by atoms with Gasteiger partial charge in [-0.1, -0.05) is 17.7 Å². The summed E-state index contributed by atoms with van der Waals surface area (Å²) in [5, 5.41) is 13.3. The van der Waals surface area contributed by atoms with E-state index in [1.807, 2.05) is 13.0 Å². The fourth-order valence-corrected chi connectivity index (χ4v) is 2.51. The van der Waals surface area contributed by atoms with Crippen LogP contribution in [-0.2, 0) is 15.2 Å². The summed E-state index contributed by atoms with van der Waals surface area (Å²) in [5.41, 5.74) is 0.0665. The van der Waals surface area contributed by atoms with Gasteiger partial charge in [0.1, 0.15) is 5.76 Å². The lowest BCUT2D eigenvalue weighted by atomic mass is 9.89. The Balaban J connectivity index is 1.83. The minimum Gasteiger partial charge on any atom is -0.465 e. The predicted octanol–water partition coefficient (Wildman–Crippen LogP) is 2.40. The molecule has 3 rings (SSSR count). The number of furan rings is 1. The molecular formula is C17H15NO4. The number of aryl methyl sites for hydroxylation is 1. The highest BCUT2D eigenvalue weighted by molar-refractivity contribution is 6.08. The second kappa shape index (κ2) is 5.27. The molecule has 2 aromatic rings. The zero-order valence-electron chi connectivity index (χ0n) is 12.0. The molecule has 0 radical (unpaired) electrons. The maximum absolute atomic E-state index is 12.1. The van der Waals surface area contributed by atoms with E-state index in [1.165, 1.54) is 18.4 Å². The van der Waals surface area contributed by atoms with E-state index in [1.54, 1.807) is 24.3 Å². The highest BCUT2D eigenvalue weighted by Gasteiger charge is 2.46. The SMILES string of the molecule is Cc1ccc2c(c1)[C@@](O)(CC(=O)/C=C/c1ccco1)C(=O)N2. The van der Waals surface area contributed by atoms with Gasteiger partial charge in [0.05, 0.1) is 12.7 Å². The molecule has 22 heavy (non-hydrogen) atoms. The predicted molar refractivity (Wildman–Crippen MR) is 81.1 cm³/mol. The average Bonchev–Trinajstić information content (AvgIpc) is 3.06. The molecule has 2 N–H and O–H groups in total. The molecule has 1 aliphatic heterocycles. The molecule has 1 atom stereocenters. The van der Waals surface area contributed by atoms with Crippen LogP contribution in [-0.4, -0.2) is 16.8 Å². The summed E-state index contributed by atoms with van der Waals surface area (Å²) in [7, 11) is 0.